The van der Waals surface area contributed by atoms with Crippen LogP contribution in [0.3, 0.4) is 0 Å². The molecule has 0 radical (unpaired) electrons. The fourth-order valence-electron chi connectivity index (χ4n) is 2.69. The molecule has 2 aromatic rings. The van der Waals surface area contributed by atoms with Crippen molar-refractivity contribution in [2.45, 2.75) is 31.4 Å². The highest BCUT2D eigenvalue weighted by Crippen LogP contribution is 2.34. The number of rotatable bonds is 3. The number of carboxylic acid groups (broad SMARTS) is 1. The summed E-state index contributed by atoms with van der Waals surface area (Å²) in [6, 6.07) is -0.231. The molecule has 1 aliphatic carbocycles. The molecule has 8 nitrogen and oxygen atoms in total. The SMILES string of the molecule is Cn1cc(-c2c(C(=O)O)nnn2C2CCCC2O)cn1. The van der Waals surface area contributed by atoms with Crippen LogP contribution in [0.25, 0.3) is 11.3 Å². The summed E-state index contributed by atoms with van der Waals surface area (Å²) in [6.45, 7) is 0. The maximum Gasteiger partial charge on any atom is 0.358 e. The van der Waals surface area contributed by atoms with Crippen molar-refractivity contribution in [3.8, 4) is 11.3 Å². The molecule has 2 unspecified atom stereocenters. The van der Waals surface area contributed by atoms with Gasteiger partial charge in [-0.05, 0) is 19.3 Å². The number of nitrogens with zero attached hydrogens (tertiary/aromatic N) is 5. The summed E-state index contributed by atoms with van der Waals surface area (Å²) in [5.74, 6) is -1.14. The first-order chi connectivity index (χ1) is 9.58. The number of carboxylic acids is 1. The van der Waals surface area contributed by atoms with Gasteiger partial charge in [-0.2, -0.15) is 5.10 Å². The van der Waals surface area contributed by atoms with Gasteiger partial charge in [0, 0.05) is 18.8 Å². The first kappa shape index (κ1) is 12.8. The fraction of sp³-hybridized carbons (Fsp3) is 0.500. The van der Waals surface area contributed by atoms with Crippen LogP contribution in [0.5, 0.6) is 0 Å². The molecule has 0 amide bonds. The monoisotopic (exact) mass is 277 g/mol. The van der Waals surface area contributed by atoms with Crippen LogP contribution in [0, 0.1) is 0 Å². The van der Waals surface area contributed by atoms with E-state index in [4.69, 9.17) is 0 Å². The molecule has 2 atom stereocenters. The Labute approximate surface area is 114 Å². The first-order valence-corrected chi connectivity index (χ1v) is 6.43. The smallest absolute Gasteiger partial charge is 0.358 e. The molecular weight excluding hydrogens is 262 g/mol. The van der Waals surface area contributed by atoms with E-state index < -0.39 is 12.1 Å². The summed E-state index contributed by atoms with van der Waals surface area (Å²) in [5, 5.41) is 31.0. The van der Waals surface area contributed by atoms with E-state index >= 15 is 0 Å². The van der Waals surface area contributed by atoms with Gasteiger partial charge in [0.25, 0.3) is 0 Å². The van der Waals surface area contributed by atoms with Crippen molar-refractivity contribution in [2.75, 3.05) is 0 Å². The quantitative estimate of drug-likeness (QED) is 0.844. The molecule has 0 saturated heterocycles. The first-order valence-electron chi connectivity index (χ1n) is 6.43. The standard InChI is InChI=1S/C12H15N5O3/c1-16-6-7(5-13-16)11-10(12(19)20)14-15-17(11)8-3-2-4-9(8)18/h5-6,8-9,18H,2-4H2,1H3,(H,19,20). The average molecular weight is 277 g/mol. The fourth-order valence-corrected chi connectivity index (χ4v) is 2.69. The second-order valence-corrected chi connectivity index (χ2v) is 5.00. The molecule has 2 N–H and O–H groups in total. The van der Waals surface area contributed by atoms with Crippen molar-refractivity contribution in [3.05, 3.63) is 18.1 Å². The lowest BCUT2D eigenvalue weighted by molar-refractivity contribution is 0.0691. The van der Waals surface area contributed by atoms with Crippen LogP contribution in [-0.2, 0) is 7.05 Å². The van der Waals surface area contributed by atoms with Gasteiger partial charge in [-0.15, -0.1) is 5.10 Å². The molecule has 2 aromatic heterocycles. The number of hydrogen-bond acceptors (Lipinski definition) is 5. The zero-order valence-electron chi connectivity index (χ0n) is 11.0. The number of aliphatic hydroxyl groups is 1. The number of aliphatic hydroxyl groups excluding tert-OH is 1. The van der Waals surface area contributed by atoms with Gasteiger partial charge in [-0.25, -0.2) is 9.48 Å². The molecule has 1 fully saturated rings. The average Bonchev–Trinajstić information content (AvgIpc) is 3.07. The normalized spacial score (nSPS) is 22.3. The van der Waals surface area contributed by atoms with E-state index in [9.17, 15) is 15.0 Å². The van der Waals surface area contributed by atoms with Crippen LogP contribution in [-0.4, -0.2) is 47.1 Å². The van der Waals surface area contributed by atoms with Gasteiger partial charge in [0.1, 0.15) is 5.69 Å². The number of aromatic nitrogens is 5. The van der Waals surface area contributed by atoms with Crippen molar-refractivity contribution in [3.63, 3.8) is 0 Å². The molecule has 2 heterocycles. The minimum atomic E-state index is -1.14. The van der Waals surface area contributed by atoms with Gasteiger partial charge in [-0.1, -0.05) is 5.21 Å². The van der Waals surface area contributed by atoms with Gasteiger partial charge in [0.15, 0.2) is 5.69 Å². The minimum Gasteiger partial charge on any atom is -0.476 e. The molecule has 20 heavy (non-hydrogen) atoms. The van der Waals surface area contributed by atoms with E-state index in [0.29, 0.717) is 17.7 Å². The van der Waals surface area contributed by atoms with E-state index in [-0.39, 0.29) is 11.7 Å². The summed E-state index contributed by atoms with van der Waals surface area (Å²) in [4.78, 5) is 11.3. The number of hydrogen-bond donors (Lipinski definition) is 2. The predicted molar refractivity (Wildman–Crippen MR) is 68.1 cm³/mol. The molecular formula is C12H15N5O3. The Morgan fingerprint density at radius 2 is 2.25 bits per heavy atom. The van der Waals surface area contributed by atoms with Gasteiger partial charge in [0.05, 0.1) is 18.3 Å². The van der Waals surface area contributed by atoms with Crippen LogP contribution in [0.1, 0.15) is 35.8 Å². The molecule has 1 saturated carbocycles. The van der Waals surface area contributed by atoms with E-state index in [2.05, 4.69) is 15.4 Å². The van der Waals surface area contributed by atoms with Gasteiger partial charge < -0.3 is 10.2 Å². The molecule has 3 rings (SSSR count). The maximum atomic E-state index is 11.3. The van der Waals surface area contributed by atoms with Crippen LogP contribution in [0.4, 0.5) is 0 Å². The lowest BCUT2D eigenvalue weighted by Crippen LogP contribution is -2.20. The Morgan fingerprint density at radius 3 is 2.80 bits per heavy atom. The Kier molecular flexibility index (Phi) is 3.01. The highest BCUT2D eigenvalue weighted by Gasteiger charge is 2.32. The molecule has 0 bridgehead atoms. The topological polar surface area (TPSA) is 106 Å². The van der Waals surface area contributed by atoms with Crippen LogP contribution < -0.4 is 0 Å². The van der Waals surface area contributed by atoms with Crippen molar-refractivity contribution >= 4 is 5.97 Å². The summed E-state index contributed by atoms with van der Waals surface area (Å²) in [7, 11) is 1.75. The number of aryl methyl sites for hydroxylation is 1. The molecule has 0 aliphatic heterocycles. The Hall–Kier alpha value is -2.22. The van der Waals surface area contributed by atoms with Crippen molar-refractivity contribution < 1.29 is 15.0 Å². The summed E-state index contributed by atoms with van der Waals surface area (Å²) < 4.78 is 3.11. The van der Waals surface area contributed by atoms with Crippen LogP contribution >= 0.6 is 0 Å². The van der Waals surface area contributed by atoms with E-state index in [1.165, 1.54) is 4.68 Å². The van der Waals surface area contributed by atoms with Gasteiger partial charge >= 0.3 is 5.97 Å². The lowest BCUT2D eigenvalue weighted by atomic mass is 10.1. The molecule has 106 valence electrons. The van der Waals surface area contributed by atoms with E-state index in [0.717, 1.165) is 12.8 Å². The third-order valence-corrected chi connectivity index (χ3v) is 3.63. The highest BCUT2D eigenvalue weighted by atomic mass is 16.4. The Morgan fingerprint density at radius 1 is 1.45 bits per heavy atom. The molecule has 0 aromatic carbocycles. The largest absolute Gasteiger partial charge is 0.476 e. The highest BCUT2D eigenvalue weighted by molar-refractivity contribution is 5.92. The van der Waals surface area contributed by atoms with Gasteiger partial charge in [0.2, 0.25) is 0 Å². The minimum absolute atomic E-state index is 0.114. The predicted octanol–water partition coefficient (Wildman–Crippen LogP) is 0.463. The second kappa shape index (κ2) is 4.71. The lowest BCUT2D eigenvalue weighted by Gasteiger charge is -2.16. The molecule has 1 aliphatic rings. The van der Waals surface area contributed by atoms with Crippen molar-refractivity contribution in [2.24, 2.45) is 7.05 Å². The van der Waals surface area contributed by atoms with E-state index in [1.54, 1.807) is 24.1 Å². The second-order valence-electron chi connectivity index (χ2n) is 5.00. The van der Waals surface area contributed by atoms with Gasteiger partial charge in [-0.3, -0.25) is 4.68 Å². The zero-order valence-corrected chi connectivity index (χ0v) is 11.0. The van der Waals surface area contributed by atoms with Crippen molar-refractivity contribution in [1.82, 2.24) is 24.8 Å². The number of carbonyl (C=O) groups is 1. The number of aromatic carboxylic acids is 1. The van der Waals surface area contributed by atoms with Crippen molar-refractivity contribution in [1.29, 1.82) is 0 Å². The third kappa shape index (κ3) is 1.97. The summed E-state index contributed by atoms with van der Waals surface area (Å²) >= 11 is 0. The third-order valence-electron chi connectivity index (χ3n) is 3.63. The summed E-state index contributed by atoms with van der Waals surface area (Å²) in [6.07, 6.45) is 5.11. The zero-order chi connectivity index (χ0) is 14.3. The summed E-state index contributed by atoms with van der Waals surface area (Å²) in [5.41, 5.74) is 0.919. The molecule has 0 spiro atoms. The molecule has 8 heteroatoms. The Balaban J connectivity index is 2.13. The van der Waals surface area contributed by atoms with Crippen LogP contribution in [0.2, 0.25) is 0 Å². The maximum absolute atomic E-state index is 11.3. The van der Waals surface area contributed by atoms with E-state index in [1.807, 2.05) is 0 Å². The Bertz CT molecular complexity index is 647. The van der Waals surface area contributed by atoms with Crippen LogP contribution in [0.15, 0.2) is 12.4 Å².